The monoisotopic (exact) mass is 235 g/mol. The highest BCUT2D eigenvalue weighted by atomic mass is 16.3. The summed E-state index contributed by atoms with van der Waals surface area (Å²) in [5, 5.41) is 11.6. The van der Waals surface area contributed by atoms with Crippen molar-refractivity contribution in [2.75, 3.05) is 0 Å². The molecule has 0 saturated carbocycles. The Morgan fingerprint density at radius 3 is 2.50 bits per heavy atom. The number of phenols is 1. The van der Waals surface area contributed by atoms with Gasteiger partial charge in [0.25, 0.3) is 0 Å². The lowest BCUT2D eigenvalue weighted by atomic mass is 10.0. The average molecular weight is 235 g/mol. The Labute approximate surface area is 106 Å². The van der Waals surface area contributed by atoms with Crippen molar-refractivity contribution in [2.24, 2.45) is 0 Å². The number of pyridine rings is 1. The summed E-state index contributed by atoms with van der Waals surface area (Å²) in [6.45, 7) is 1.99. The van der Waals surface area contributed by atoms with E-state index in [0.717, 1.165) is 27.7 Å². The van der Waals surface area contributed by atoms with E-state index in [1.165, 1.54) is 0 Å². The molecule has 0 aliphatic carbocycles. The Balaban J connectivity index is 2.16. The van der Waals surface area contributed by atoms with Crippen molar-refractivity contribution >= 4 is 10.8 Å². The van der Waals surface area contributed by atoms with Crippen molar-refractivity contribution in [3.63, 3.8) is 0 Å². The molecular formula is C16H13NO. The normalized spacial score (nSPS) is 10.7. The smallest absolute Gasteiger partial charge is 0.116 e. The maximum absolute atomic E-state index is 9.44. The van der Waals surface area contributed by atoms with Crippen LogP contribution < -0.4 is 0 Å². The van der Waals surface area contributed by atoms with E-state index in [9.17, 15) is 5.11 Å². The molecule has 0 spiro atoms. The van der Waals surface area contributed by atoms with Gasteiger partial charge >= 0.3 is 0 Å². The Bertz CT molecular complexity index is 719. The highest BCUT2D eigenvalue weighted by Crippen LogP contribution is 2.25. The first-order valence-electron chi connectivity index (χ1n) is 5.89. The second-order valence-corrected chi connectivity index (χ2v) is 4.41. The van der Waals surface area contributed by atoms with E-state index in [1.54, 1.807) is 12.1 Å². The molecule has 0 atom stereocenters. The predicted octanol–water partition coefficient (Wildman–Crippen LogP) is 3.92. The van der Waals surface area contributed by atoms with Crippen LogP contribution in [0.1, 0.15) is 5.69 Å². The second-order valence-electron chi connectivity index (χ2n) is 4.41. The molecule has 0 radical (unpaired) electrons. The zero-order valence-electron chi connectivity index (χ0n) is 10.1. The molecule has 2 aromatic carbocycles. The lowest BCUT2D eigenvalue weighted by Crippen LogP contribution is -1.86. The van der Waals surface area contributed by atoms with Crippen molar-refractivity contribution in [2.45, 2.75) is 6.92 Å². The Morgan fingerprint density at radius 2 is 1.67 bits per heavy atom. The Kier molecular flexibility index (Phi) is 2.49. The molecule has 2 heteroatoms. The first-order valence-corrected chi connectivity index (χ1v) is 5.89. The minimum atomic E-state index is 0.295. The van der Waals surface area contributed by atoms with Crippen LogP contribution in [0.25, 0.3) is 22.0 Å². The van der Waals surface area contributed by atoms with Crippen molar-refractivity contribution in [3.8, 4) is 17.0 Å². The van der Waals surface area contributed by atoms with Crippen LogP contribution in [0.4, 0.5) is 0 Å². The number of rotatable bonds is 1. The van der Waals surface area contributed by atoms with Crippen LogP contribution >= 0.6 is 0 Å². The molecule has 0 aliphatic rings. The zero-order valence-corrected chi connectivity index (χ0v) is 10.1. The van der Waals surface area contributed by atoms with Crippen LogP contribution in [-0.2, 0) is 0 Å². The van der Waals surface area contributed by atoms with Crippen LogP contribution in [0.5, 0.6) is 5.75 Å². The van der Waals surface area contributed by atoms with Crippen molar-refractivity contribution in [1.29, 1.82) is 0 Å². The average Bonchev–Trinajstić information content (AvgIpc) is 2.38. The van der Waals surface area contributed by atoms with E-state index < -0.39 is 0 Å². The fourth-order valence-electron chi connectivity index (χ4n) is 2.10. The van der Waals surface area contributed by atoms with Gasteiger partial charge in [-0.2, -0.15) is 0 Å². The van der Waals surface area contributed by atoms with Gasteiger partial charge in [-0.1, -0.05) is 24.3 Å². The zero-order chi connectivity index (χ0) is 12.5. The van der Waals surface area contributed by atoms with E-state index in [4.69, 9.17) is 0 Å². The van der Waals surface area contributed by atoms with E-state index in [-0.39, 0.29) is 0 Å². The molecule has 88 valence electrons. The molecule has 0 bridgehead atoms. The number of hydrogen-bond donors (Lipinski definition) is 1. The number of phenolic OH excluding ortho intramolecular Hbond substituents is 1. The molecule has 0 amide bonds. The Hall–Kier alpha value is -2.35. The summed E-state index contributed by atoms with van der Waals surface area (Å²) in [5.41, 5.74) is 3.08. The summed E-state index contributed by atoms with van der Waals surface area (Å²) < 4.78 is 0. The molecule has 2 nitrogen and oxygen atoms in total. The molecule has 0 unspecified atom stereocenters. The third-order valence-corrected chi connectivity index (χ3v) is 3.01. The van der Waals surface area contributed by atoms with Gasteiger partial charge in [0.15, 0.2) is 0 Å². The van der Waals surface area contributed by atoms with Crippen LogP contribution in [0.15, 0.2) is 54.6 Å². The van der Waals surface area contributed by atoms with E-state index in [2.05, 4.69) is 11.1 Å². The molecule has 3 rings (SSSR count). The molecule has 18 heavy (non-hydrogen) atoms. The van der Waals surface area contributed by atoms with Gasteiger partial charge in [0.2, 0.25) is 0 Å². The van der Waals surface area contributed by atoms with Crippen molar-refractivity contribution < 1.29 is 5.11 Å². The van der Waals surface area contributed by atoms with Crippen molar-refractivity contribution in [3.05, 3.63) is 60.3 Å². The molecule has 3 aromatic rings. The summed E-state index contributed by atoms with van der Waals surface area (Å²) in [6.07, 6.45) is 0. The SMILES string of the molecule is Cc1cccc(-c2ccc3cc(O)ccc3c2)n1. The maximum atomic E-state index is 9.44. The van der Waals surface area contributed by atoms with Gasteiger partial charge < -0.3 is 5.11 Å². The van der Waals surface area contributed by atoms with Gasteiger partial charge in [0.05, 0.1) is 5.69 Å². The van der Waals surface area contributed by atoms with Crippen LogP contribution in [0.2, 0.25) is 0 Å². The lowest BCUT2D eigenvalue weighted by Gasteiger charge is -2.04. The maximum Gasteiger partial charge on any atom is 0.116 e. The standard InChI is InChI=1S/C16H13NO/c1-11-3-2-4-16(17-11)14-6-5-13-10-15(18)8-7-12(13)9-14/h2-10,18H,1H3. The molecule has 0 saturated heterocycles. The first kappa shape index (κ1) is 10.8. The Morgan fingerprint density at radius 1 is 0.889 bits per heavy atom. The number of hydrogen-bond acceptors (Lipinski definition) is 2. The van der Waals surface area contributed by atoms with Crippen molar-refractivity contribution in [1.82, 2.24) is 4.98 Å². The van der Waals surface area contributed by atoms with Gasteiger partial charge in [-0.3, -0.25) is 4.98 Å². The van der Waals surface area contributed by atoms with Gasteiger partial charge in [0.1, 0.15) is 5.75 Å². The van der Waals surface area contributed by atoms with E-state index in [1.807, 2.05) is 43.3 Å². The molecule has 1 heterocycles. The van der Waals surface area contributed by atoms with Gasteiger partial charge in [-0.15, -0.1) is 0 Å². The third kappa shape index (κ3) is 1.93. The van der Waals surface area contributed by atoms with Crippen LogP contribution in [0.3, 0.4) is 0 Å². The number of fused-ring (bicyclic) bond motifs is 1. The number of nitrogens with zero attached hydrogens (tertiary/aromatic N) is 1. The number of aromatic nitrogens is 1. The summed E-state index contributed by atoms with van der Waals surface area (Å²) in [5.74, 6) is 0.295. The van der Waals surface area contributed by atoms with Crippen LogP contribution in [-0.4, -0.2) is 10.1 Å². The minimum Gasteiger partial charge on any atom is -0.508 e. The third-order valence-electron chi connectivity index (χ3n) is 3.01. The predicted molar refractivity (Wildman–Crippen MR) is 73.6 cm³/mol. The fraction of sp³-hybridized carbons (Fsp3) is 0.0625. The van der Waals surface area contributed by atoms with Gasteiger partial charge in [-0.25, -0.2) is 0 Å². The molecule has 0 fully saturated rings. The molecule has 1 aromatic heterocycles. The summed E-state index contributed by atoms with van der Waals surface area (Å²) >= 11 is 0. The fourth-order valence-corrected chi connectivity index (χ4v) is 2.10. The van der Waals surface area contributed by atoms with E-state index >= 15 is 0 Å². The summed E-state index contributed by atoms with van der Waals surface area (Å²) in [6, 6.07) is 17.5. The van der Waals surface area contributed by atoms with Crippen LogP contribution in [0, 0.1) is 6.92 Å². The van der Waals surface area contributed by atoms with Gasteiger partial charge in [0, 0.05) is 11.3 Å². The summed E-state index contributed by atoms with van der Waals surface area (Å²) in [7, 11) is 0. The number of aromatic hydroxyl groups is 1. The largest absolute Gasteiger partial charge is 0.508 e. The van der Waals surface area contributed by atoms with E-state index in [0.29, 0.717) is 5.75 Å². The highest BCUT2D eigenvalue weighted by molar-refractivity contribution is 5.87. The molecule has 0 aliphatic heterocycles. The quantitative estimate of drug-likeness (QED) is 0.693. The number of aryl methyl sites for hydroxylation is 1. The number of benzene rings is 2. The molecule has 1 N–H and O–H groups in total. The summed E-state index contributed by atoms with van der Waals surface area (Å²) in [4.78, 5) is 4.52. The molecular weight excluding hydrogens is 222 g/mol. The first-order chi connectivity index (χ1) is 8.72. The second kappa shape index (κ2) is 4.15. The lowest BCUT2D eigenvalue weighted by molar-refractivity contribution is 0.476. The topological polar surface area (TPSA) is 33.1 Å². The minimum absolute atomic E-state index is 0.295. The highest BCUT2D eigenvalue weighted by Gasteiger charge is 2.02. The van der Waals surface area contributed by atoms with Gasteiger partial charge in [-0.05, 0) is 48.0 Å².